The molecule has 3 aromatic heterocycles. The lowest BCUT2D eigenvalue weighted by Crippen LogP contribution is -2.71. The van der Waals surface area contributed by atoms with E-state index in [9.17, 15) is 24.1 Å². The summed E-state index contributed by atoms with van der Waals surface area (Å²) in [5.41, 5.74) is 0.755. The molecule has 1 fully saturated rings. The molecule has 2 atom stereocenters. The van der Waals surface area contributed by atoms with Crippen molar-refractivity contribution in [1.29, 1.82) is 0 Å². The largest absolute Gasteiger partial charge is 0.543 e. The fourth-order valence-corrected chi connectivity index (χ4v) is 8.61. The molecule has 1 saturated heterocycles. The molecule has 5 rings (SSSR count). The van der Waals surface area contributed by atoms with Gasteiger partial charge in [0.25, 0.3) is 11.8 Å². The fraction of sp³-hybridized carbons (Fsp3) is 0.273. The lowest BCUT2D eigenvalue weighted by Gasteiger charge is -2.50. The highest BCUT2D eigenvalue weighted by Gasteiger charge is 2.53. The van der Waals surface area contributed by atoms with Gasteiger partial charge in [-0.3, -0.25) is 19.6 Å². The number of carbonyl (C=O) groups is 3. The molecule has 0 radical (unpaired) electrons. The van der Waals surface area contributed by atoms with Crippen LogP contribution in [0.15, 0.2) is 50.0 Å². The van der Waals surface area contributed by atoms with Gasteiger partial charge in [-0.25, -0.2) is 14.1 Å². The highest BCUT2D eigenvalue weighted by atomic mass is 32.2. The predicted octanol–water partition coefficient (Wildman–Crippen LogP) is -1.14. The highest BCUT2D eigenvalue weighted by molar-refractivity contribution is 8.07. The molecule has 2 amide bonds. The number of carbonyl (C=O) groups excluding carboxylic acids is 3. The first-order chi connectivity index (χ1) is 20.9. The molecular formula is C22H21N8O9PS4. The van der Waals surface area contributed by atoms with Gasteiger partial charge in [0, 0.05) is 45.3 Å². The number of pyridine rings is 1. The maximum absolute atomic E-state index is 13.2. The van der Waals surface area contributed by atoms with Gasteiger partial charge in [-0.05, 0) is 0 Å². The number of rotatable bonds is 12. The number of carboxylic acids is 1. The van der Waals surface area contributed by atoms with Gasteiger partial charge in [-0.1, -0.05) is 16.9 Å². The molecule has 0 bridgehead atoms. The monoisotopic (exact) mass is 700 g/mol. The molecule has 2 aliphatic heterocycles. The number of aliphatic carboxylic acids is 1. The van der Waals surface area contributed by atoms with E-state index in [0.717, 1.165) is 27.9 Å². The van der Waals surface area contributed by atoms with Crippen LogP contribution < -0.4 is 20.1 Å². The van der Waals surface area contributed by atoms with Crippen molar-refractivity contribution in [3.05, 3.63) is 46.3 Å². The number of aliphatic hydroxyl groups is 1. The molecule has 0 saturated carbocycles. The van der Waals surface area contributed by atoms with Crippen LogP contribution in [0.4, 0.5) is 5.13 Å². The number of hydrogen-bond donors (Lipinski definition) is 5. The van der Waals surface area contributed by atoms with Gasteiger partial charge in [-0.2, -0.15) is 9.36 Å². The van der Waals surface area contributed by atoms with Gasteiger partial charge in [0.05, 0.1) is 24.0 Å². The van der Waals surface area contributed by atoms with Crippen LogP contribution in [0.2, 0.25) is 0 Å². The second-order valence-corrected chi connectivity index (χ2v) is 14.2. The summed E-state index contributed by atoms with van der Waals surface area (Å²) in [5, 5.41) is 29.8. The predicted molar refractivity (Wildman–Crippen MR) is 157 cm³/mol. The van der Waals surface area contributed by atoms with Crippen molar-refractivity contribution in [3.8, 4) is 11.3 Å². The number of nitrogens with zero attached hydrogens (tertiary/aromatic N) is 6. The molecule has 232 valence electrons. The van der Waals surface area contributed by atoms with Gasteiger partial charge >= 0.3 is 7.75 Å². The minimum Gasteiger partial charge on any atom is -0.543 e. The number of aromatic nitrogens is 4. The van der Waals surface area contributed by atoms with Gasteiger partial charge in [0.1, 0.15) is 25.1 Å². The van der Waals surface area contributed by atoms with Crippen molar-refractivity contribution in [2.24, 2.45) is 12.2 Å². The van der Waals surface area contributed by atoms with Crippen molar-refractivity contribution >= 4 is 82.8 Å². The molecule has 0 aromatic carbocycles. The Hall–Kier alpha value is -3.43. The third-order valence-electron chi connectivity index (χ3n) is 5.81. The second kappa shape index (κ2) is 13.3. The van der Waals surface area contributed by atoms with Crippen LogP contribution in [-0.2, 0) is 30.8 Å². The van der Waals surface area contributed by atoms with Gasteiger partial charge < -0.3 is 34.9 Å². The Morgan fingerprint density at radius 2 is 2.07 bits per heavy atom. The van der Waals surface area contributed by atoms with Crippen LogP contribution in [0.3, 0.4) is 0 Å². The molecule has 5 N–H and O–H groups in total. The zero-order valence-electron chi connectivity index (χ0n) is 22.2. The van der Waals surface area contributed by atoms with Crippen molar-refractivity contribution in [1.82, 2.24) is 24.6 Å². The average molecular weight is 701 g/mol. The normalized spacial score (nSPS) is 18.5. The minimum absolute atomic E-state index is 0.191. The number of carboxylic acid groups (broad SMARTS) is 1. The van der Waals surface area contributed by atoms with Crippen LogP contribution in [-0.4, -0.2) is 88.0 Å². The summed E-state index contributed by atoms with van der Waals surface area (Å²) in [5.74, 6) is -3.43. The molecule has 44 heavy (non-hydrogen) atoms. The SMILES string of the molecule is C[n+]1ccc(-c2csc(SC3=C(C(=O)[O-])N4C(=O)[C@@H](NC(=O)/C(=N\OCCO)c5nsc(NP(=O)(O)O)n5)[C@H]4SC3)n2)cc1. The molecule has 0 aliphatic carbocycles. The highest BCUT2D eigenvalue weighted by Crippen LogP contribution is 2.45. The molecule has 22 heteroatoms. The summed E-state index contributed by atoms with van der Waals surface area (Å²) in [6.45, 7) is -0.733. The van der Waals surface area contributed by atoms with E-state index >= 15 is 0 Å². The Balaban J connectivity index is 1.31. The Labute approximate surface area is 264 Å². The molecule has 5 heterocycles. The van der Waals surface area contributed by atoms with Crippen LogP contribution in [0.5, 0.6) is 0 Å². The fourth-order valence-electron chi connectivity index (χ4n) is 3.91. The van der Waals surface area contributed by atoms with Gasteiger partial charge in [0.15, 0.2) is 16.7 Å². The third-order valence-corrected chi connectivity index (χ3v) is 10.6. The van der Waals surface area contributed by atoms with Crippen LogP contribution in [0.1, 0.15) is 5.82 Å². The number of nitrogens with one attached hydrogen (secondary N) is 2. The number of aliphatic hydroxyl groups excluding tert-OH is 1. The summed E-state index contributed by atoms with van der Waals surface area (Å²) < 4.78 is 17.5. The van der Waals surface area contributed by atoms with Crippen LogP contribution in [0, 0.1) is 0 Å². The summed E-state index contributed by atoms with van der Waals surface area (Å²) in [4.78, 5) is 71.4. The van der Waals surface area contributed by atoms with Crippen molar-refractivity contribution in [2.45, 2.75) is 15.8 Å². The van der Waals surface area contributed by atoms with E-state index < -0.39 is 49.3 Å². The first-order valence-corrected chi connectivity index (χ1v) is 17.4. The van der Waals surface area contributed by atoms with Crippen LogP contribution in [0.25, 0.3) is 11.3 Å². The number of thioether (sulfide) groups is 2. The zero-order chi connectivity index (χ0) is 31.6. The topological polar surface area (TPSA) is 243 Å². The lowest BCUT2D eigenvalue weighted by atomic mass is 10.0. The molecule has 3 aromatic rings. The molecule has 0 unspecified atom stereocenters. The molecule has 0 spiro atoms. The summed E-state index contributed by atoms with van der Waals surface area (Å²) in [6, 6.07) is 2.65. The second-order valence-electron chi connectivity index (χ2n) is 8.85. The van der Waals surface area contributed by atoms with Gasteiger partial charge in [0.2, 0.25) is 16.7 Å². The number of hydrogen-bond acceptors (Lipinski definition) is 15. The number of aryl methyl sites for hydroxylation is 1. The quantitative estimate of drug-likeness (QED) is 0.0374. The smallest absolute Gasteiger partial charge is 0.429 e. The number of oxime groups is 1. The maximum atomic E-state index is 13.2. The lowest BCUT2D eigenvalue weighted by molar-refractivity contribution is -0.671. The summed E-state index contributed by atoms with van der Waals surface area (Å²) in [7, 11) is -2.82. The third kappa shape index (κ3) is 7.10. The average Bonchev–Trinajstić information content (AvgIpc) is 3.62. The standard InChI is InChI=1S/C22H21N8O9PS4/c1-29-4-2-10(3-5-29)11-8-42-22(23-11)43-12-9-41-19-14(18(33)30(19)15(12)20(34)35)24-17(32)13(26-39-7-6-31)16-25-21(44-28-16)27-40(36,37)38/h2-5,8,14,19,31H,6-7,9H2,1H3,(H4-,24,25,27,28,32,34,35,36,37,38)/b26-13-/t14-,19-/m1/s1. The van der Waals surface area contributed by atoms with E-state index in [0.29, 0.717) is 20.8 Å². The number of amides is 2. The van der Waals surface area contributed by atoms with E-state index in [4.69, 9.17) is 19.7 Å². The maximum Gasteiger partial charge on any atom is 0.429 e. The number of fused-ring (bicyclic) bond motifs is 1. The minimum atomic E-state index is -4.72. The first kappa shape index (κ1) is 32.0. The van der Waals surface area contributed by atoms with Crippen LogP contribution >= 0.6 is 54.1 Å². The molecule has 17 nitrogen and oxygen atoms in total. The molecule has 2 aliphatic rings. The number of thiazole rings is 1. The number of β-lactam (4-membered cyclic amide) rings is 1. The Bertz CT molecular complexity index is 1710. The van der Waals surface area contributed by atoms with Crippen molar-refractivity contribution < 1.29 is 48.4 Å². The van der Waals surface area contributed by atoms with Crippen molar-refractivity contribution in [3.63, 3.8) is 0 Å². The van der Waals surface area contributed by atoms with E-state index in [1.165, 1.54) is 23.1 Å². The summed E-state index contributed by atoms with van der Waals surface area (Å²) >= 11 is 4.20. The molecular weight excluding hydrogens is 680 g/mol. The van der Waals surface area contributed by atoms with E-state index in [-0.39, 0.29) is 29.0 Å². The Morgan fingerprint density at radius 1 is 1.32 bits per heavy atom. The van der Waals surface area contributed by atoms with Gasteiger partial charge in [-0.15, -0.1) is 23.1 Å². The Morgan fingerprint density at radius 3 is 2.75 bits per heavy atom. The van der Waals surface area contributed by atoms with E-state index in [1.807, 2.05) is 46.6 Å². The summed E-state index contributed by atoms with van der Waals surface area (Å²) in [6.07, 6.45) is 3.76. The first-order valence-electron chi connectivity index (χ1n) is 12.2. The zero-order valence-corrected chi connectivity index (χ0v) is 26.4. The van der Waals surface area contributed by atoms with E-state index in [2.05, 4.69) is 24.8 Å². The van der Waals surface area contributed by atoms with Crippen molar-refractivity contribution in [2.75, 3.05) is 24.1 Å². The van der Waals surface area contributed by atoms with E-state index in [1.54, 1.807) is 0 Å². The Kier molecular flexibility index (Phi) is 9.65. The number of anilines is 1.